The Hall–Kier alpha value is -1.31. The van der Waals surface area contributed by atoms with Crippen LogP contribution in [0.1, 0.15) is 39.0 Å². The van der Waals surface area contributed by atoms with Crippen molar-refractivity contribution in [1.82, 2.24) is 4.90 Å². The summed E-state index contributed by atoms with van der Waals surface area (Å²) in [4.78, 5) is 13.9. The lowest BCUT2D eigenvalue weighted by atomic mass is 9.89. The quantitative estimate of drug-likeness (QED) is 0.608. The van der Waals surface area contributed by atoms with Gasteiger partial charge >= 0.3 is 0 Å². The average molecular weight is 215 g/mol. The minimum atomic E-state index is 0.323. The maximum atomic E-state index is 11.9. The van der Waals surface area contributed by atoms with E-state index < -0.39 is 0 Å². The first-order valence-electron chi connectivity index (χ1n) is 6.15. The predicted octanol–water partition coefficient (Wildman–Crippen LogP) is 2.93. The first-order valence-corrected chi connectivity index (χ1v) is 6.15. The number of carbonyl (C=O) groups is 1. The van der Waals surface area contributed by atoms with Crippen molar-refractivity contribution in [3.05, 3.63) is 34.6 Å². The van der Waals surface area contributed by atoms with Gasteiger partial charge in [0.1, 0.15) is 0 Å². The van der Waals surface area contributed by atoms with E-state index in [2.05, 4.69) is 19.1 Å². The molecule has 1 aliphatic carbocycles. The minimum absolute atomic E-state index is 0.323. The number of piperidine rings is 1. The number of allylic oxidation sites excluding steroid dienone is 5. The van der Waals surface area contributed by atoms with Crippen molar-refractivity contribution in [2.75, 3.05) is 6.54 Å². The van der Waals surface area contributed by atoms with Crippen LogP contribution in [0.3, 0.4) is 0 Å². The van der Waals surface area contributed by atoms with Gasteiger partial charge in [-0.3, -0.25) is 4.79 Å². The lowest BCUT2D eigenvalue weighted by molar-refractivity contribution is -0.130. The lowest BCUT2D eigenvalue weighted by Gasteiger charge is -2.36. The molecule has 84 valence electrons. The highest BCUT2D eigenvalue weighted by atomic mass is 16.2. The SMILES string of the molecule is CC1=CC=C2CCC(=O)N3CCCC(=C23)C1. The van der Waals surface area contributed by atoms with Crippen molar-refractivity contribution in [3.63, 3.8) is 0 Å². The number of nitrogens with zero attached hydrogens (tertiary/aromatic N) is 1. The molecule has 3 aliphatic rings. The molecule has 0 spiro atoms. The molecule has 0 radical (unpaired) electrons. The number of hydrogen-bond acceptors (Lipinski definition) is 1. The van der Waals surface area contributed by atoms with Crippen LogP contribution in [0.2, 0.25) is 0 Å². The Kier molecular flexibility index (Phi) is 2.23. The topological polar surface area (TPSA) is 20.3 Å². The first-order chi connectivity index (χ1) is 7.75. The summed E-state index contributed by atoms with van der Waals surface area (Å²) >= 11 is 0. The van der Waals surface area contributed by atoms with Crippen molar-refractivity contribution < 1.29 is 4.79 Å². The summed E-state index contributed by atoms with van der Waals surface area (Å²) in [6.07, 6.45) is 9.42. The Balaban J connectivity index is 2.12. The summed E-state index contributed by atoms with van der Waals surface area (Å²) in [5, 5.41) is 0. The third-order valence-electron chi connectivity index (χ3n) is 3.74. The van der Waals surface area contributed by atoms with Crippen LogP contribution in [0.15, 0.2) is 34.6 Å². The van der Waals surface area contributed by atoms with Crippen molar-refractivity contribution in [3.8, 4) is 0 Å². The van der Waals surface area contributed by atoms with Crippen molar-refractivity contribution >= 4 is 5.91 Å². The zero-order chi connectivity index (χ0) is 11.1. The van der Waals surface area contributed by atoms with Crippen LogP contribution in [-0.2, 0) is 4.79 Å². The van der Waals surface area contributed by atoms with Crippen LogP contribution in [-0.4, -0.2) is 17.4 Å². The molecule has 1 amide bonds. The maximum absolute atomic E-state index is 11.9. The van der Waals surface area contributed by atoms with E-state index in [-0.39, 0.29) is 0 Å². The van der Waals surface area contributed by atoms with Gasteiger partial charge in [0.15, 0.2) is 0 Å². The van der Waals surface area contributed by atoms with Gasteiger partial charge in [-0.25, -0.2) is 0 Å². The van der Waals surface area contributed by atoms with E-state index >= 15 is 0 Å². The van der Waals surface area contributed by atoms with Gasteiger partial charge in [0.2, 0.25) is 5.91 Å². The van der Waals surface area contributed by atoms with Gasteiger partial charge in [0.25, 0.3) is 0 Å². The van der Waals surface area contributed by atoms with Gasteiger partial charge in [-0.2, -0.15) is 0 Å². The van der Waals surface area contributed by atoms with E-state index in [1.165, 1.54) is 28.8 Å². The molecule has 0 aromatic carbocycles. The summed E-state index contributed by atoms with van der Waals surface area (Å²) in [6, 6.07) is 0. The molecule has 16 heavy (non-hydrogen) atoms. The van der Waals surface area contributed by atoms with E-state index in [1.807, 2.05) is 4.90 Å². The highest BCUT2D eigenvalue weighted by Crippen LogP contribution is 2.38. The van der Waals surface area contributed by atoms with Gasteiger partial charge in [-0.1, -0.05) is 17.7 Å². The molecule has 2 heterocycles. The molecule has 0 aromatic rings. The molecule has 3 rings (SSSR count). The Morgan fingerprint density at radius 2 is 2.06 bits per heavy atom. The second-order valence-corrected chi connectivity index (χ2v) is 4.98. The molecule has 1 saturated heterocycles. The van der Waals surface area contributed by atoms with Crippen LogP contribution in [0.5, 0.6) is 0 Å². The first kappa shape index (κ1) is 9.88. The van der Waals surface area contributed by atoms with E-state index in [0.717, 1.165) is 25.8 Å². The number of hydrogen-bond donors (Lipinski definition) is 0. The standard InChI is InChI=1S/C14H17NO/c1-10-4-5-11-6-7-13(16)15-8-2-3-12(9-10)14(11)15/h4-5H,2-3,6-9H2,1H3. The van der Waals surface area contributed by atoms with Crippen LogP contribution in [0, 0.1) is 0 Å². The smallest absolute Gasteiger partial charge is 0.227 e. The minimum Gasteiger partial charge on any atom is -0.312 e. The third kappa shape index (κ3) is 1.44. The second-order valence-electron chi connectivity index (χ2n) is 4.98. The van der Waals surface area contributed by atoms with E-state index in [0.29, 0.717) is 12.3 Å². The highest BCUT2D eigenvalue weighted by molar-refractivity contribution is 5.82. The van der Waals surface area contributed by atoms with Crippen molar-refractivity contribution in [2.24, 2.45) is 0 Å². The Morgan fingerprint density at radius 3 is 2.94 bits per heavy atom. The normalized spacial score (nSPS) is 24.8. The van der Waals surface area contributed by atoms with Gasteiger partial charge < -0.3 is 4.90 Å². The molecular formula is C14H17NO. The summed E-state index contributed by atoms with van der Waals surface area (Å²) < 4.78 is 0. The molecule has 0 bridgehead atoms. The van der Waals surface area contributed by atoms with E-state index in [1.54, 1.807) is 0 Å². The van der Waals surface area contributed by atoms with Crippen molar-refractivity contribution in [2.45, 2.75) is 39.0 Å². The average Bonchev–Trinajstić information content (AvgIpc) is 2.44. The molecule has 1 fully saturated rings. The fourth-order valence-electron chi connectivity index (χ4n) is 2.99. The summed E-state index contributed by atoms with van der Waals surface area (Å²) in [5.74, 6) is 0.323. The molecular weight excluding hydrogens is 198 g/mol. The summed E-state index contributed by atoms with van der Waals surface area (Å²) in [5.41, 5.74) is 5.55. The molecule has 0 atom stereocenters. The molecule has 2 aliphatic heterocycles. The van der Waals surface area contributed by atoms with Crippen molar-refractivity contribution in [1.29, 1.82) is 0 Å². The van der Waals surface area contributed by atoms with Crippen LogP contribution < -0.4 is 0 Å². The molecule has 0 aromatic heterocycles. The molecule has 2 nitrogen and oxygen atoms in total. The Bertz CT molecular complexity index is 440. The summed E-state index contributed by atoms with van der Waals surface area (Å²) in [7, 11) is 0. The van der Waals surface area contributed by atoms with Gasteiger partial charge in [0, 0.05) is 18.7 Å². The predicted molar refractivity (Wildman–Crippen MR) is 63.7 cm³/mol. The summed E-state index contributed by atoms with van der Waals surface area (Å²) in [6.45, 7) is 3.11. The Labute approximate surface area is 96.3 Å². The fraction of sp³-hybridized carbons (Fsp3) is 0.500. The van der Waals surface area contributed by atoms with E-state index in [9.17, 15) is 4.79 Å². The maximum Gasteiger partial charge on any atom is 0.227 e. The molecule has 0 saturated carbocycles. The Morgan fingerprint density at radius 1 is 1.19 bits per heavy atom. The zero-order valence-corrected chi connectivity index (χ0v) is 9.75. The van der Waals surface area contributed by atoms with Crippen LogP contribution >= 0.6 is 0 Å². The monoisotopic (exact) mass is 215 g/mol. The fourth-order valence-corrected chi connectivity index (χ4v) is 2.99. The largest absolute Gasteiger partial charge is 0.312 e. The molecule has 2 heteroatoms. The van der Waals surface area contributed by atoms with Crippen LogP contribution in [0.25, 0.3) is 0 Å². The van der Waals surface area contributed by atoms with Crippen LogP contribution in [0.4, 0.5) is 0 Å². The van der Waals surface area contributed by atoms with E-state index in [4.69, 9.17) is 0 Å². The zero-order valence-electron chi connectivity index (χ0n) is 9.75. The third-order valence-corrected chi connectivity index (χ3v) is 3.74. The molecule has 0 unspecified atom stereocenters. The number of rotatable bonds is 0. The number of carbonyl (C=O) groups excluding carboxylic acids is 1. The number of amides is 1. The second kappa shape index (κ2) is 3.62. The highest BCUT2D eigenvalue weighted by Gasteiger charge is 2.31. The molecule has 0 N–H and O–H groups in total. The van der Waals surface area contributed by atoms with Gasteiger partial charge in [-0.15, -0.1) is 0 Å². The van der Waals surface area contributed by atoms with Gasteiger partial charge in [0.05, 0.1) is 0 Å². The van der Waals surface area contributed by atoms with Gasteiger partial charge in [-0.05, 0) is 43.8 Å². The lowest BCUT2D eigenvalue weighted by Crippen LogP contribution is -2.38.